The van der Waals surface area contributed by atoms with Crippen LogP contribution in [0, 0.1) is 5.82 Å². The van der Waals surface area contributed by atoms with Crippen LogP contribution in [0.2, 0.25) is 0 Å². The summed E-state index contributed by atoms with van der Waals surface area (Å²) in [5.74, 6) is 0.584. The minimum Gasteiger partial charge on any atom is -0.497 e. The molecule has 2 aromatic carbocycles. The van der Waals surface area contributed by atoms with Gasteiger partial charge in [0, 0.05) is 23.6 Å². The maximum Gasteiger partial charge on any atom is 0.243 e. The number of carbonyl (C=O) groups is 1. The molecule has 0 radical (unpaired) electrons. The average molecular weight is 352 g/mol. The number of benzene rings is 2. The monoisotopic (exact) mass is 352 g/mol. The molecule has 0 saturated heterocycles. The molecule has 134 valence electrons. The summed E-state index contributed by atoms with van der Waals surface area (Å²) in [5, 5.41) is 1.04. The Morgan fingerprint density at radius 3 is 2.88 bits per heavy atom. The van der Waals surface area contributed by atoms with Crippen molar-refractivity contribution in [3.63, 3.8) is 0 Å². The molecule has 26 heavy (non-hydrogen) atoms. The van der Waals surface area contributed by atoms with Gasteiger partial charge in [0.2, 0.25) is 5.91 Å². The van der Waals surface area contributed by atoms with Crippen molar-refractivity contribution in [1.29, 1.82) is 0 Å². The molecule has 1 atom stereocenters. The number of amides is 1. The van der Waals surface area contributed by atoms with E-state index in [4.69, 9.17) is 4.74 Å². The van der Waals surface area contributed by atoms with Crippen molar-refractivity contribution >= 4 is 16.8 Å². The Bertz CT molecular complexity index is 979. The number of methoxy groups -OCH3 is 1. The van der Waals surface area contributed by atoms with Crippen LogP contribution in [0.3, 0.4) is 0 Å². The number of halogens is 1. The molecular formula is C21H21FN2O2. The summed E-state index contributed by atoms with van der Waals surface area (Å²) in [6.07, 6.45) is 2.68. The van der Waals surface area contributed by atoms with Crippen LogP contribution in [-0.2, 0) is 17.8 Å². The molecule has 4 nitrogen and oxygen atoms in total. The van der Waals surface area contributed by atoms with Crippen LogP contribution in [-0.4, -0.2) is 29.0 Å². The molecule has 0 spiro atoms. The predicted octanol–water partition coefficient (Wildman–Crippen LogP) is 3.93. The number of carbonyl (C=O) groups excluding carboxylic acids is 1. The van der Waals surface area contributed by atoms with Crippen LogP contribution in [0.5, 0.6) is 5.75 Å². The number of fused-ring (bicyclic) bond motifs is 2. The Balaban J connectivity index is 1.57. The summed E-state index contributed by atoms with van der Waals surface area (Å²) in [6.45, 7) is 2.89. The SMILES string of the molecule is COc1ccc2c(ccn2CC(=O)N2CCc3ccc(F)cc3C2C)c1. The molecule has 1 aromatic heterocycles. The van der Waals surface area contributed by atoms with Crippen LogP contribution in [0.4, 0.5) is 4.39 Å². The van der Waals surface area contributed by atoms with Gasteiger partial charge in [0.15, 0.2) is 0 Å². The minimum atomic E-state index is -0.254. The van der Waals surface area contributed by atoms with Gasteiger partial charge in [-0.25, -0.2) is 4.39 Å². The number of nitrogens with zero attached hydrogens (tertiary/aromatic N) is 2. The molecule has 1 aliphatic rings. The van der Waals surface area contributed by atoms with Crippen LogP contribution < -0.4 is 4.74 Å². The number of rotatable bonds is 3. The summed E-state index contributed by atoms with van der Waals surface area (Å²) in [7, 11) is 1.64. The van der Waals surface area contributed by atoms with Crippen molar-refractivity contribution < 1.29 is 13.9 Å². The Kier molecular flexibility index (Phi) is 4.15. The minimum absolute atomic E-state index is 0.0423. The van der Waals surface area contributed by atoms with Crippen LogP contribution in [0.15, 0.2) is 48.7 Å². The van der Waals surface area contributed by atoms with Gasteiger partial charge in [-0.2, -0.15) is 0 Å². The fourth-order valence-electron chi connectivity index (χ4n) is 3.81. The highest BCUT2D eigenvalue weighted by molar-refractivity contribution is 5.84. The summed E-state index contributed by atoms with van der Waals surface area (Å²) >= 11 is 0. The third kappa shape index (κ3) is 2.83. The average Bonchev–Trinajstić information content (AvgIpc) is 3.04. The molecule has 0 saturated carbocycles. The fraction of sp³-hybridized carbons (Fsp3) is 0.286. The maximum absolute atomic E-state index is 13.6. The lowest BCUT2D eigenvalue weighted by molar-refractivity contribution is -0.134. The smallest absolute Gasteiger partial charge is 0.243 e. The van der Waals surface area contributed by atoms with Gasteiger partial charge >= 0.3 is 0 Å². The standard InChI is InChI=1S/C21H21FN2O2/c1-14-19-12-17(22)4-3-15(19)8-10-24(14)21(25)13-23-9-7-16-11-18(26-2)5-6-20(16)23/h3-7,9,11-12,14H,8,10,13H2,1-2H3. The van der Waals surface area contributed by atoms with Crippen molar-refractivity contribution in [1.82, 2.24) is 9.47 Å². The van der Waals surface area contributed by atoms with Gasteiger partial charge in [0.25, 0.3) is 0 Å². The maximum atomic E-state index is 13.6. The van der Waals surface area contributed by atoms with Crippen LogP contribution in [0.25, 0.3) is 10.9 Å². The van der Waals surface area contributed by atoms with E-state index in [-0.39, 0.29) is 24.3 Å². The number of hydrogen-bond donors (Lipinski definition) is 0. The van der Waals surface area contributed by atoms with E-state index in [2.05, 4.69) is 0 Å². The number of ether oxygens (including phenoxy) is 1. The van der Waals surface area contributed by atoms with E-state index in [0.29, 0.717) is 6.54 Å². The topological polar surface area (TPSA) is 34.5 Å². The quantitative estimate of drug-likeness (QED) is 0.716. The molecule has 0 bridgehead atoms. The van der Waals surface area contributed by atoms with E-state index in [1.165, 1.54) is 6.07 Å². The third-order valence-electron chi connectivity index (χ3n) is 5.25. The van der Waals surface area contributed by atoms with E-state index in [0.717, 1.165) is 34.2 Å². The molecule has 4 rings (SSSR count). The third-order valence-corrected chi connectivity index (χ3v) is 5.25. The lowest BCUT2D eigenvalue weighted by Gasteiger charge is -2.35. The van der Waals surface area contributed by atoms with Crippen molar-refractivity contribution in [2.45, 2.75) is 25.9 Å². The molecule has 1 unspecified atom stereocenters. The highest BCUT2D eigenvalue weighted by atomic mass is 19.1. The first-order valence-corrected chi connectivity index (χ1v) is 8.77. The largest absolute Gasteiger partial charge is 0.497 e. The Morgan fingerprint density at radius 2 is 2.08 bits per heavy atom. The van der Waals surface area contributed by atoms with E-state index >= 15 is 0 Å². The highest BCUT2D eigenvalue weighted by Gasteiger charge is 2.28. The van der Waals surface area contributed by atoms with Gasteiger partial charge in [-0.3, -0.25) is 4.79 Å². The second-order valence-electron chi connectivity index (χ2n) is 6.72. The van der Waals surface area contributed by atoms with Crippen LogP contribution >= 0.6 is 0 Å². The van der Waals surface area contributed by atoms with E-state index in [1.807, 2.05) is 52.9 Å². The summed E-state index contributed by atoms with van der Waals surface area (Å²) < 4.78 is 20.8. The zero-order chi connectivity index (χ0) is 18.3. The van der Waals surface area contributed by atoms with E-state index in [1.54, 1.807) is 13.2 Å². The lowest BCUT2D eigenvalue weighted by atomic mass is 9.93. The zero-order valence-corrected chi connectivity index (χ0v) is 14.9. The first-order valence-electron chi connectivity index (χ1n) is 8.77. The molecule has 1 aliphatic heterocycles. The molecule has 0 fully saturated rings. The number of hydrogen-bond acceptors (Lipinski definition) is 2. The van der Waals surface area contributed by atoms with Gasteiger partial charge < -0.3 is 14.2 Å². The first-order chi connectivity index (χ1) is 12.6. The summed E-state index contributed by atoms with van der Waals surface area (Å²) in [5.41, 5.74) is 3.03. The molecular weight excluding hydrogens is 331 g/mol. The normalized spacial score (nSPS) is 16.6. The van der Waals surface area contributed by atoms with Gasteiger partial charge in [0.05, 0.1) is 13.2 Å². The van der Waals surface area contributed by atoms with Gasteiger partial charge in [-0.15, -0.1) is 0 Å². The Labute approximate surface area is 151 Å². The molecule has 5 heteroatoms. The van der Waals surface area contributed by atoms with E-state index in [9.17, 15) is 9.18 Å². The van der Waals surface area contributed by atoms with Gasteiger partial charge in [0.1, 0.15) is 18.1 Å². The molecule has 3 aromatic rings. The van der Waals surface area contributed by atoms with Crippen molar-refractivity contribution in [2.75, 3.05) is 13.7 Å². The molecule has 0 N–H and O–H groups in total. The molecule has 1 amide bonds. The van der Waals surface area contributed by atoms with Gasteiger partial charge in [-0.1, -0.05) is 6.07 Å². The summed E-state index contributed by atoms with van der Waals surface area (Å²) in [6, 6.07) is 12.5. The Morgan fingerprint density at radius 1 is 1.23 bits per heavy atom. The zero-order valence-electron chi connectivity index (χ0n) is 14.9. The van der Waals surface area contributed by atoms with Gasteiger partial charge in [-0.05, 0) is 60.9 Å². The lowest BCUT2D eigenvalue weighted by Crippen LogP contribution is -2.40. The van der Waals surface area contributed by atoms with Crippen molar-refractivity contribution in [2.24, 2.45) is 0 Å². The van der Waals surface area contributed by atoms with Crippen LogP contribution in [0.1, 0.15) is 24.1 Å². The second kappa shape index (κ2) is 6.48. The highest BCUT2D eigenvalue weighted by Crippen LogP contribution is 2.30. The van der Waals surface area contributed by atoms with Crippen molar-refractivity contribution in [3.8, 4) is 5.75 Å². The first kappa shape index (κ1) is 16.6. The molecule has 2 heterocycles. The molecule has 0 aliphatic carbocycles. The number of aromatic nitrogens is 1. The van der Waals surface area contributed by atoms with E-state index < -0.39 is 0 Å². The Hall–Kier alpha value is -2.82. The summed E-state index contributed by atoms with van der Waals surface area (Å²) in [4.78, 5) is 14.8. The fourth-order valence-corrected chi connectivity index (χ4v) is 3.81. The second-order valence-corrected chi connectivity index (χ2v) is 6.72. The van der Waals surface area contributed by atoms with Crippen molar-refractivity contribution in [3.05, 3.63) is 65.6 Å². The predicted molar refractivity (Wildman–Crippen MR) is 98.7 cm³/mol.